The maximum atomic E-state index is 9.78. The highest BCUT2D eigenvalue weighted by Gasteiger charge is 2.27. The monoisotopic (exact) mass is 258 g/mol. The van der Waals surface area contributed by atoms with Crippen LogP contribution in [0.2, 0.25) is 0 Å². The minimum Gasteiger partial charge on any atom is -0.506 e. The summed E-state index contributed by atoms with van der Waals surface area (Å²) in [5.41, 5.74) is 1.52. The van der Waals surface area contributed by atoms with Crippen LogP contribution in [0.4, 0.5) is 0 Å². The van der Waals surface area contributed by atoms with Crippen LogP contribution in [0.3, 0.4) is 0 Å². The Kier molecular flexibility index (Phi) is 2.49. The molecule has 0 bridgehead atoms. The van der Waals surface area contributed by atoms with E-state index in [1.807, 2.05) is 16.8 Å². The lowest BCUT2D eigenvalue weighted by atomic mass is 10.2. The zero-order chi connectivity index (χ0) is 12.7. The molecule has 0 radical (unpaired) electrons. The van der Waals surface area contributed by atoms with E-state index in [4.69, 9.17) is 5.26 Å². The first-order valence-corrected chi connectivity index (χ1v) is 6.02. The minimum absolute atomic E-state index is 0.0968. The highest BCUT2D eigenvalue weighted by Crippen LogP contribution is 2.38. The van der Waals surface area contributed by atoms with E-state index in [9.17, 15) is 5.11 Å². The molecule has 0 aliphatic heterocycles. The Labute approximate surface area is 109 Å². The van der Waals surface area contributed by atoms with Crippen LogP contribution in [-0.2, 0) is 0 Å². The molecular formula is C12H10N4OS. The van der Waals surface area contributed by atoms with Gasteiger partial charge >= 0.3 is 0 Å². The van der Waals surface area contributed by atoms with Crippen LogP contribution < -0.4 is 0 Å². The third kappa shape index (κ3) is 1.73. The largest absolute Gasteiger partial charge is 0.506 e. The Hall–Kier alpha value is -2.00. The lowest BCUT2D eigenvalue weighted by Gasteiger charge is -2.07. The highest BCUT2D eigenvalue weighted by atomic mass is 32.1. The smallest absolute Gasteiger partial charge is 0.138 e. The molecule has 6 heteroatoms. The van der Waals surface area contributed by atoms with E-state index in [0.29, 0.717) is 11.7 Å². The van der Waals surface area contributed by atoms with Crippen molar-refractivity contribution in [1.82, 2.24) is 14.8 Å². The maximum Gasteiger partial charge on any atom is 0.138 e. The Morgan fingerprint density at radius 3 is 2.89 bits per heavy atom. The molecule has 2 heterocycles. The minimum atomic E-state index is -0.101. The molecule has 5 nitrogen and oxygen atoms in total. The molecule has 0 amide bonds. The van der Waals surface area contributed by atoms with Gasteiger partial charge in [0.2, 0.25) is 0 Å². The molecule has 0 atom stereocenters. The number of thiol groups is 1. The summed E-state index contributed by atoms with van der Waals surface area (Å²) in [6.45, 7) is 0. The highest BCUT2D eigenvalue weighted by molar-refractivity contribution is 7.80. The predicted octanol–water partition coefficient (Wildman–Crippen LogP) is 2.15. The summed E-state index contributed by atoms with van der Waals surface area (Å²) in [6.07, 6.45) is 3.94. The van der Waals surface area contributed by atoms with Gasteiger partial charge in [-0.2, -0.15) is 10.4 Å². The Bertz CT molecular complexity index is 631. The molecule has 1 fully saturated rings. The number of aromatic nitrogens is 3. The van der Waals surface area contributed by atoms with Gasteiger partial charge in [-0.15, -0.1) is 12.6 Å². The summed E-state index contributed by atoms with van der Waals surface area (Å²) < 4.78 is 1.90. The van der Waals surface area contributed by atoms with Crippen LogP contribution in [0.25, 0.3) is 11.4 Å². The summed E-state index contributed by atoms with van der Waals surface area (Å²) in [7, 11) is 0. The van der Waals surface area contributed by atoms with Crippen molar-refractivity contribution in [2.75, 3.05) is 0 Å². The number of nitriles is 1. The topological polar surface area (TPSA) is 74.7 Å². The van der Waals surface area contributed by atoms with E-state index in [1.54, 1.807) is 6.20 Å². The zero-order valence-electron chi connectivity index (χ0n) is 9.41. The second kappa shape index (κ2) is 4.03. The third-order valence-electron chi connectivity index (χ3n) is 2.92. The number of aromatic hydroxyl groups is 1. The van der Waals surface area contributed by atoms with Crippen molar-refractivity contribution in [2.24, 2.45) is 0 Å². The van der Waals surface area contributed by atoms with Gasteiger partial charge in [0.15, 0.2) is 0 Å². The molecule has 3 rings (SSSR count). The molecule has 0 spiro atoms. The first kappa shape index (κ1) is 11.1. The van der Waals surface area contributed by atoms with Gasteiger partial charge < -0.3 is 5.11 Å². The van der Waals surface area contributed by atoms with Crippen molar-refractivity contribution in [3.63, 3.8) is 0 Å². The van der Waals surface area contributed by atoms with Crippen LogP contribution in [0.1, 0.15) is 24.4 Å². The van der Waals surface area contributed by atoms with E-state index < -0.39 is 0 Å². The van der Waals surface area contributed by atoms with Crippen LogP contribution >= 0.6 is 12.6 Å². The molecule has 2 aromatic rings. The summed E-state index contributed by atoms with van der Waals surface area (Å²) >= 11 is 4.13. The van der Waals surface area contributed by atoms with E-state index in [-0.39, 0.29) is 16.3 Å². The molecule has 0 unspecified atom stereocenters. The molecule has 1 aliphatic rings. The van der Waals surface area contributed by atoms with E-state index in [0.717, 1.165) is 18.5 Å². The molecule has 18 heavy (non-hydrogen) atoms. The van der Waals surface area contributed by atoms with Crippen molar-refractivity contribution in [3.05, 3.63) is 23.9 Å². The normalized spacial score (nSPS) is 14.4. The maximum absolute atomic E-state index is 9.78. The van der Waals surface area contributed by atoms with Crippen molar-refractivity contribution in [1.29, 1.82) is 5.26 Å². The van der Waals surface area contributed by atoms with Gasteiger partial charge in [0.25, 0.3) is 0 Å². The van der Waals surface area contributed by atoms with Gasteiger partial charge in [0.05, 0.1) is 17.4 Å². The van der Waals surface area contributed by atoms with Crippen LogP contribution in [-0.4, -0.2) is 19.9 Å². The Morgan fingerprint density at radius 2 is 2.28 bits per heavy atom. The quantitative estimate of drug-likeness (QED) is 0.809. The van der Waals surface area contributed by atoms with Crippen molar-refractivity contribution >= 4 is 12.6 Å². The van der Waals surface area contributed by atoms with Crippen molar-refractivity contribution in [2.45, 2.75) is 23.9 Å². The van der Waals surface area contributed by atoms with Gasteiger partial charge in [0.1, 0.15) is 22.4 Å². The van der Waals surface area contributed by atoms with Crippen LogP contribution in [0, 0.1) is 11.3 Å². The third-order valence-corrected chi connectivity index (χ3v) is 3.24. The van der Waals surface area contributed by atoms with Gasteiger partial charge in [0, 0.05) is 12.3 Å². The summed E-state index contributed by atoms with van der Waals surface area (Å²) in [5.74, 6) is -0.101. The van der Waals surface area contributed by atoms with Gasteiger partial charge in [-0.05, 0) is 18.9 Å². The van der Waals surface area contributed by atoms with Crippen LogP contribution in [0.5, 0.6) is 5.75 Å². The fourth-order valence-corrected chi connectivity index (χ4v) is 2.16. The Morgan fingerprint density at radius 1 is 1.50 bits per heavy atom. The molecule has 0 aromatic carbocycles. The summed E-state index contributed by atoms with van der Waals surface area (Å²) in [4.78, 5) is 4.24. The average molecular weight is 258 g/mol. The number of pyridine rings is 1. The lowest BCUT2D eigenvalue weighted by molar-refractivity contribution is 0.470. The fourth-order valence-electron chi connectivity index (χ4n) is 1.88. The first-order chi connectivity index (χ1) is 8.70. The van der Waals surface area contributed by atoms with Gasteiger partial charge in [-0.25, -0.2) is 4.98 Å². The Balaban J connectivity index is 2.12. The molecule has 2 aromatic heterocycles. The molecule has 1 N–H and O–H groups in total. The molecular weight excluding hydrogens is 248 g/mol. The van der Waals surface area contributed by atoms with E-state index >= 15 is 0 Å². The van der Waals surface area contributed by atoms with Gasteiger partial charge in [-0.3, -0.25) is 4.68 Å². The van der Waals surface area contributed by atoms with Crippen molar-refractivity contribution in [3.8, 4) is 23.2 Å². The zero-order valence-corrected chi connectivity index (χ0v) is 10.3. The average Bonchev–Trinajstić information content (AvgIpc) is 3.06. The molecule has 0 saturated heterocycles. The van der Waals surface area contributed by atoms with Crippen LogP contribution in [0.15, 0.2) is 23.4 Å². The first-order valence-electron chi connectivity index (χ1n) is 5.57. The van der Waals surface area contributed by atoms with E-state index in [1.165, 1.54) is 6.07 Å². The fraction of sp³-hybridized carbons (Fsp3) is 0.250. The SMILES string of the molecule is N#Cc1c(O)cc(-c2ccnn2C2CC2)nc1S. The number of rotatable bonds is 2. The second-order valence-corrected chi connectivity index (χ2v) is 4.65. The number of nitrogens with zero attached hydrogens (tertiary/aromatic N) is 4. The summed E-state index contributed by atoms with van der Waals surface area (Å²) in [5, 5.41) is 23.1. The standard InChI is InChI=1S/C12H10N4OS/c13-6-8-11(17)5-9(15-12(8)18)10-3-4-14-16(10)7-1-2-7/h3-5,7H,1-2H2,(H2,15,17,18). The number of hydrogen-bond acceptors (Lipinski definition) is 5. The summed E-state index contributed by atoms with van der Waals surface area (Å²) in [6, 6.07) is 5.63. The molecule has 1 saturated carbocycles. The molecule has 1 aliphatic carbocycles. The molecule has 90 valence electrons. The van der Waals surface area contributed by atoms with Gasteiger partial charge in [-0.1, -0.05) is 0 Å². The second-order valence-electron chi connectivity index (χ2n) is 4.23. The van der Waals surface area contributed by atoms with Crippen molar-refractivity contribution < 1.29 is 5.11 Å². The number of hydrogen-bond donors (Lipinski definition) is 2. The van der Waals surface area contributed by atoms with E-state index in [2.05, 4.69) is 22.7 Å². The predicted molar refractivity (Wildman–Crippen MR) is 67.4 cm³/mol. The lowest BCUT2D eigenvalue weighted by Crippen LogP contribution is -2.00.